The van der Waals surface area contributed by atoms with Crippen LogP contribution in [0.2, 0.25) is 0 Å². The summed E-state index contributed by atoms with van der Waals surface area (Å²) in [5.41, 5.74) is 1.23. The van der Waals surface area contributed by atoms with Crippen molar-refractivity contribution in [1.82, 2.24) is 9.97 Å². The van der Waals surface area contributed by atoms with Gasteiger partial charge < -0.3 is 9.72 Å². The number of thiazole rings is 1. The molecule has 6 heteroatoms. The van der Waals surface area contributed by atoms with Gasteiger partial charge in [-0.1, -0.05) is 6.07 Å². The number of nitrogens with one attached hydrogen (secondary N) is 1. The maximum Gasteiger partial charge on any atom is 0.337 e. The molecule has 0 amide bonds. The molecule has 96 valence electrons. The third-order valence-electron chi connectivity index (χ3n) is 2.88. The van der Waals surface area contributed by atoms with Crippen molar-refractivity contribution in [3.8, 4) is 0 Å². The minimum atomic E-state index is -0.427. The lowest BCUT2D eigenvalue weighted by molar-refractivity contribution is 0.0601. The zero-order valence-electron chi connectivity index (χ0n) is 10.3. The first-order valence-corrected chi connectivity index (χ1v) is 6.43. The topological polar surface area (TPSA) is 72.1 Å². The first kappa shape index (κ1) is 11.9. The molecule has 0 bridgehead atoms. The van der Waals surface area contributed by atoms with Crippen LogP contribution in [-0.4, -0.2) is 23.0 Å². The Hall–Kier alpha value is -2.21. The van der Waals surface area contributed by atoms with Crippen molar-refractivity contribution in [2.75, 3.05) is 7.11 Å². The molecule has 0 radical (unpaired) electrons. The summed E-state index contributed by atoms with van der Waals surface area (Å²) in [6.45, 7) is 1.86. The fraction of sp³-hybridized carbons (Fsp3) is 0.154. The summed E-state index contributed by atoms with van der Waals surface area (Å²) in [4.78, 5) is 30.4. The number of fused-ring (bicyclic) bond motifs is 3. The number of hydrogen-bond acceptors (Lipinski definition) is 5. The molecule has 3 rings (SSSR count). The van der Waals surface area contributed by atoms with Crippen molar-refractivity contribution in [3.63, 3.8) is 0 Å². The highest BCUT2D eigenvalue weighted by Gasteiger charge is 2.12. The van der Waals surface area contributed by atoms with Crippen molar-refractivity contribution in [3.05, 3.63) is 39.1 Å². The molecule has 2 heterocycles. The highest BCUT2D eigenvalue weighted by atomic mass is 32.1. The average molecular weight is 274 g/mol. The molecule has 0 saturated heterocycles. The largest absolute Gasteiger partial charge is 0.465 e. The number of rotatable bonds is 1. The molecule has 0 aliphatic carbocycles. The number of benzene rings is 1. The predicted molar refractivity (Wildman–Crippen MR) is 73.8 cm³/mol. The maximum absolute atomic E-state index is 11.9. The van der Waals surface area contributed by atoms with E-state index in [0.717, 1.165) is 15.1 Å². The van der Waals surface area contributed by atoms with E-state index in [1.54, 1.807) is 18.2 Å². The maximum atomic E-state index is 11.9. The normalized spacial score (nSPS) is 11.1. The molecule has 0 atom stereocenters. The Balaban J connectivity index is 2.39. The van der Waals surface area contributed by atoms with E-state index in [0.29, 0.717) is 16.6 Å². The molecular weight excluding hydrogens is 264 g/mol. The number of ether oxygens (including phenoxy) is 1. The average Bonchev–Trinajstić information content (AvgIpc) is 2.80. The lowest BCUT2D eigenvalue weighted by Gasteiger charge is -2.02. The second-order valence-corrected chi connectivity index (χ2v) is 5.32. The number of pyridine rings is 1. The number of aromatic nitrogens is 2. The Kier molecular flexibility index (Phi) is 2.60. The van der Waals surface area contributed by atoms with Gasteiger partial charge in [-0.15, -0.1) is 11.3 Å². The van der Waals surface area contributed by atoms with Gasteiger partial charge >= 0.3 is 5.97 Å². The van der Waals surface area contributed by atoms with Gasteiger partial charge in [-0.25, -0.2) is 9.78 Å². The molecule has 1 aromatic carbocycles. The lowest BCUT2D eigenvalue weighted by Crippen LogP contribution is -2.07. The summed E-state index contributed by atoms with van der Waals surface area (Å²) in [5, 5.41) is 1.72. The molecule has 1 N–H and O–H groups in total. The van der Waals surface area contributed by atoms with Gasteiger partial charge in [0, 0.05) is 5.39 Å². The van der Waals surface area contributed by atoms with Gasteiger partial charge in [-0.05, 0) is 19.1 Å². The summed E-state index contributed by atoms with van der Waals surface area (Å²) in [6, 6.07) is 5.11. The van der Waals surface area contributed by atoms with E-state index < -0.39 is 5.97 Å². The number of H-pyrrole nitrogens is 1. The zero-order valence-corrected chi connectivity index (χ0v) is 11.1. The number of carbonyl (C=O) groups excluding carboxylic acids is 1. The first-order valence-electron chi connectivity index (χ1n) is 5.61. The number of aryl methyl sites for hydroxylation is 1. The third-order valence-corrected chi connectivity index (χ3v) is 3.89. The molecule has 0 aliphatic rings. The number of methoxy groups -OCH3 is 1. The van der Waals surface area contributed by atoms with Crippen molar-refractivity contribution < 1.29 is 9.53 Å². The van der Waals surface area contributed by atoms with E-state index >= 15 is 0 Å². The Bertz CT molecular complexity index is 863. The molecule has 3 aromatic rings. The second kappa shape index (κ2) is 4.17. The van der Waals surface area contributed by atoms with Crippen LogP contribution in [0.5, 0.6) is 0 Å². The number of carbonyl (C=O) groups is 1. The molecular formula is C13H10N2O3S. The second-order valence-electron chi connectivity index (χ2n) is 4.12. The summed E-state index contributed by atoms with van der Waals surface area (Å²) in [7, 11) is 1.32. The van der Waals surface area contributed by atoms with Crippen LogP contribution in [0.25, 0.3) is 21.1 Å². The molecule has 2 aromatic heterocycles. The van der Waals surface area contributed by atoms with Crippen LogP contribution in [0.15, 0.2) is 23.0 Å². The van der Waals surface area contributed by atoms with E-state index in [1.807, 2.05) is 6.92 Å². The quantitative estimate of drug-likeness (QED) is 0.691. The van der Waals surface area contributed by atoms with Crippen molar-refractivity contribution in [1.29, 1.82) is 0 Å². The van der Waals surface area contributed by atoms with Crippen LogP contribution in [0.3, 0.4) is 0 Å². The number of nitrogens with zero attached hydrogens (tertiary/aromatic N) is 1. The molecule has 0 unspecified atom stereocenters. The summed E-state index contributed by atoms with van der Waals surface area (Å²) in [6.07, 6.45) is 0. The summed E-state index contributed by atoms with van der Waals surface area (Å²) >= 11 is 1.47. The Labute approximate surface area is 111 Å². The Morgan fingerprint density at radius 2 is 2.21 bits per heavy atom. The van der Waals surface area contributed by atoms with Crippen LogP contribution < -0.4 is 5.56 Å². The van der Waals surface area contributed by atoms with Gasteiger partial charge in [-0.3, -0.25) is 4.79 Å². The molecule has 0 spiro atoms. The van der Waals surface area contributed by atoms with Crippen molar-refractivity contribution in [2.45, 2.75) is 6.92 Å². The molecule has 0 saturated carbocycles. The van der Waals surface area contributed by atoms with Crippen molar-refractivity contribution in [2.24, 2.45) is 0 Å². The van der Waals surface area contributed by atoms with Crippen molar-refractivity contribution >= 4 is 38.4 Å². The molecule has 5 nitrogen and oxygen atoms in total. The summed E-state index contributed by atoms with van der Waals surface area (Å²) < 4.78 is 5.51. The Morgan fingerprint density at radius 3 is 2.95 bits per heavy atom. The minimum absolute atomic E-state index is 0.242. The van der Waals surface area contributed by atoms with E-state index in [4.69, 9.17) is 0 Å². The van der Waals surface area contributed by atoms with Gasteiger partial charge in [0.05, 0.1) is 27.9 Å². The van der Waals surface area contributed by atoms with Gasteiger partial charge in [-0.2, -0.15) is 0 Å². The molecule has 0 fully saturated rings. The third kappa shape index (κ3) is 1.80. The van der Waals surface area contributed by atoms with Gasteiger partial charge in [0.1, 0.15) is 5.52 Å². The fourth-order valence-electron chi connectivity index (χ4n) is 2.04. The number of hydrogen-bond donors (Lipinski definition) is 1. The van der Waals surface area contributed by atoms with Crippen LogP contribution >= 0.6 is 11.3 Å². The van der Waals surface area contributed by atoms with E-state index in [2.05, 4.69) is 14.7 Å². The lowest BCUT2D eigenvalue weighted by atomic mass is 10.1. The van der Waals surface area contributed by atoms with E-state index in [1.165, 1.54) is 18.4 Å². The minimum Gasteiger partial charge on any atom is -0.465 e. The zero-order chi connectivity index (χ0) is 13.6. The van der Waals surface area contributed by atoms with Gasteiger partial charge in [0.2, 0.25) is 0 Å². The smallest absolute Gasteiger partial charge is 0.337 e. The van der Waals surface area contributed by atoms with Crippen LogP contribution in [0.4, 0.5) is 0 Å². The standard InChI is InChI=1S/C13H10N2O3S/c1-6-14-10-11(19-6)8-4-3-7(13(17)18-2)5-9(8)15-12(10)16/h3-5H,1-2H3,(H,15,16). The van der Waals surface area contributed by atoms with E-state index in [9.17, 15) is 9.59 Å². The van der Waals surface area contributed by atoms with Crippen LogP contribution in [-0.2, 0) is 4.74 Å². The SMILES string of the molecule is COC(=O)c1ccc2c(c1)[nH]c(=O)c1nc(C)sc12. The number of aromatic amines is 1. The summed E-state index contributed by atoms with van der Waals surface area (Å²) in [5.74, 6) is -0.427. The highest BCUT2D eigenvalue weighted by Crippen LogP contribution is 2.27. The van der Waals surface area contributed by atoms with Crippen LogP contribution in [0, 0.1) is 6.92 Å². The monoisotopic (exact) mass is 274 g/mol. The molecule has 19 heavy (non-hydrogen) atoms. The molecule has 0 aliphatic heterocycles. The van der Waals surface area contributed by atoms with E-state index in [-0.39, 0.29) is 5.56 Å². The van der Waals surface area contributed by atoms with Crippen LogP contribution in [0.1, 0.15) is 15.4 Å². The Morgan fingerprint density at radius 1 is 1.42 bits per heavy atom. The van der Waals surface area contributed by atoms with Gasteiger partial charge in [0.15, 0.2) is 0 Å². The number of esters is 1. The first-order chi connectivity index (χ1) is 9.10. The predicted octanol–water partition coefficient (Wildman–Crippen LogP) is 2.23. The highest BCUT2D eigenvalue weighted by molar-refractivity contribution is 7.19. The fourth-order valence-corrected chi connectivity index (χ4v) is 2.99. The van der Waals surface area contributed by atoms with Gasteiger partial charge in [0.25, 0.3) is 5.56 Å².